The van der Waals surface area contributed by atoms with E-state index in [4.69, 9.17) is 4.99 Å². The summed E-state index contributed by atoms with van der Waals surface area (Å²) in [4.78, 5) is 6.97. The molecule has 0 amide bonds. The molecule has 3 rings (SSSR count). The van der Waals surface area contributed by atoms with Crippen molar-refractivity contribution in [1.82, 2.24) is 10.2 Å². The van der Waals surface area contributed by atoms with Crippen molar-refractivity contribution < 1.29 is 4.39 Å². The maximum atomic E-state index is 11.3. The molecule has 3 nitrogen and oxygen atoms in total. The van der Waals surface area contributed by atoms with Gasteiger partial charge in [-0.2, -0.15) is 0 Å². The largest absolute Gasteiger partial charge is 0.357 e. The van der Waals surface area contributed by atoms with Crippen LogP contribution in [0.4, 0.5) is 4.39 Å². The summed E-state index contributed by atoms with van der Waals surface area (Å²) in [5.74, 6) is 0.457. The Kier molecular flexibility index (Phi) is 11.1. The van der Waals surface area contributed by atoms with Crippen molar-refractivity contribution >= 4 is 5.71 Å². The van der Waals surface area contributed by atoms with Crippen LogP contribution in [0.1, 0.15) is 65.0 Å². The van der Waals surface area contributed by atoms with E-state index in [1.807, 2.05) is 0 Å². The Morgan fingerprint density at radius 2 is 1.84 bits per heavy atom. The Morgan fingerprint density at radius 1 is 1.23 bits per heavy atom. The van der Waals surface area contributed by atoms with Crippen LogP contribution in [-0.4, -0.2) is 16.8 Å². The molecule has 166 valence electrons. The molecular weight excluding hydrogens is 385 g/mol. The zero-order valence-electron chi connectivity index (χ0n) is 19.7. The van der Waals surface area contributed by atoms with Gasteiger partial charge in [0.25, 0.3) is 0 Å². The molecule has 1 N–H and O–H groups in total. The molecule has 0 aliphatic carbocycles. The minimum atomic E-state index is -0.120. The highest BCUT2D eigenvalue weighted by Crippen LogP contribution is 2.21. The second-order valence-corrected chi connectivity index (χ2v) is 7.72. The summed E-state index contributed by atoms with van der Waals surface area (Å²) in [5.41, 5.74) is 6.15. The van der Waals surface area contributed by atoms with Gasteiger partial charge in [-0.3, -0.25) is 4.99 Å². The zero-order valence-corrected chi connectivity index (χ0v) is 19.7. The zero-order chi connectivity index (χ0) is 23.4. The third kappa shape index (κ3) is 8.30. The second-order valence-electron chi connectivity index (χ2n) is 7.72. The molecule has 0 saturated heterocycles. The molecule has 2 heterocycles. The average molecular weight is 422 g/mol. The van der Waals surface area contributed by atoms with Crippen LogP contribution < -0.4 is 5.32 Å². The molecule has 2 aliphatic rings. The minimum Gasteiger partial charge on any atom is -0.357 e. The first-order valence-corrected chi connectivity index (χ1v) is 10.7. The summed E-state index contributed by atoms with van der Waals surface area (Å²) in [5, 5.41) is 3.51. The highest BCUT2D eigenvalue weighted by molar-refractivity contribution is 6.10. The standard InChI is InChI=1S/C21H27N3.C4H7F.C2H2/c1-5-6-16(4)21-22-19-11-12-24(14-20(19)23-21)13-17-7-9-18(10-8-17)15(2)3;1-3-4(2)5;1-2/h6-12,14-15,21,23H,5,13H2,1-4H3;3H,1-2H3;1-2H/b16-6+;4-3+;. The van der Waals surface area contributed by atoms with Gasteiger partial charge in [-0.25, -0.2) is 4.39 Å². The topological polar surface area (TPSA) is 27.6 Å². The number of nitrogens with one attached hydrogen (secondary N) is 1. The van der Waals surface area contributed by atoms with Crippen LogP contribution in [-0.2, 0) is 6.54 Å². The molecule has 1 aromatic carbocycles. The lowest BCUT2D eigenvalue weighted by atomic mass is 10.0. The molecule has 0 saturated carbocycles. The quantitative estimate of drug-likeness (QED) is 0.416. The molecule has 0 aromatic heterocycles. The molecule has 1 unspecified atom stereocenters. The Balaban J connectivity index is 0.000000605. The number of halogens is 1. The molecule has 0 fully saturated rings. The van der Waals surface area contributed by atoms with Crippen molar-refractivity contribution in [3.05, 3.63) is 83.1 Å². The van der Waals surface area contributed by atoms with E-state index in [9.17, 15) is 4.39 Å². The van der Waals surface area contributed by atoms with Crippen molar-refractivity contribution in [1.29, 1.82) is 0 Å². The lowest BCUT2D eigenvalue weighted by Crippen LogP contribution is -2.26. The van der Waals surface area contributed by atoms with Gasteiger partial charge < -0.3 is 10.2 Å². The monoisotopic (exact) mass is 421 g/mol. The number of allylic oxidation sites excluding steroid dienone is 4. The number of terminal acetylenes is 1. The van der Waals surface area contributed by atoms with E-state index >= 15 is 0 Å². The third-order valence-electron chi connectivity index (χ3n) is 4.92. The van der Waals surface area contributed by atoms with Crippen molar-refractivity contribution in [2.75, 3.05) is 0 Å². The van der Waals surface area contributed by atoms with E-state index in [2.05, 4.69) is 99.6 Å². The number of nitrogens with zero attached hydrogens (tertiary/aromatic N) is 2. The van der Waals surface area contributed by atoms with Crippen molar-refractivity contribution in [3.8, 4) is 12.8 Å². The van der Waals surface area contributed by atoms with Gasteiger partial charge in [0, 0.05) is 18.9 Å². The van der Waals surface area contributed by atoms with Crippen LogP contribution in [0.25, 0.3) is 0 Å². The summed E-state index contributed by atoms with van der Waals surface area (Å²) < 4.78 is 11.3. The highest BCUT2D eigenvalue weighted by Gasteiger charge is 2.23. The molecule has 0 bridgehead atoms. The number of benzene rings is 1. The first-order chi connectivity index (χ1) is 14.8. The lowest BCUT2D eigenvalue weighted by molar-refractivity contribution is 0.492. The van der Waals surface area contributed by atoms with E-state index in [0.29, 0.717) is 5.92 Å². The minimum absolute atomic E-state index is 0.0844. The molecule has 0 spiro atoms. The highest BCUT2D eigenvalue weighted by atomic mass is 19.1. The average Bonchev–Trinajstić information content (AvgIpc) is 3.20. The summed E-state index contributed by atoms with van der Waals surface area (Å²) in [6, 6.07) is 8.92. The normalized spacial score (nSPS) is 17.5. The van der Waals surface area contributed by atoms with Crippen molar-refractivity contribution in [2.24, 2.45) is 4.99 Å². The fourth-order valence-corrected chi connectivity index (χ4v) is 3.04. The van der Waals surface area contributed by atoms with Gasteiger partial charge in [0.15, 0.2) is 0 Å². The second kappa shape index (κ2) is 13.3. The molecule has 1 aromatic rings. The summed E-state index contributed by atoms with van der Waals surface area (Å²) in [6.45, 7) is 12.7. The van der Waals surface area contributed by atoms with E-state index in [-0.39, 0.29) is 12.0 Å². The SMILES string of the molecule is C#C.C/C=C(\C)F.CC/C=C(\C)C1N=C2C=CN(Cc3ccc(C(C)C)cc3)C=C2N1. The molecule has 4 heteroatoms. The fraction of sp³-hybridized carbons (Fsp3) is 0.370. The molecule has 2 aliphatic heterocycles. The van der Waals surface area contributed by atoms with Crippen LogP contribution >= 0.6 is 0 Å². The van der Waals surface area contributed by atoms with Crippen molar-refractivity contribution in [2.45, 2.75) is 66.6 Å². The number of aliphatic imine (C=N–C) groups is 1. The lowest BCUT2D eigenvalue weighted by Gasteiger charge is -2.21. The van der Waals surface area contributed by atoms with Gasteiger partial charge in [-0.1, -0.05) is 57.2 Å². The van der Waals surface area contributed by atoms with Gasteiger partial charge in [-0.05, 0) is 55.9 Å². The Hall–Kier alpha value is -3.06. The van der Waals surface area contributed by atoms with Crippen LogP contribution in [0.3, 0.4) is 0 Å². The first-order valence-electron chi connectivity index (χ1n) is 10.7. The maximum Gasteiger partial charge on any atom is 0.141 e. The maximum absolute atomic E-state index is 11.3. The fourth-order valence-electron chi connectivity index (χ4n) is 3.04. The van der Waals surface area contributed by atoms with Gasteiger partial charge in [0.05, 0.1) is 17.2 Å². The van der Waals surface area contributed by atoms with Crippen LogP contribution in [0.5, 0.6) is 0 Å². The summed E-state index contributed by atoms with van der Waals surface area (Å²) in [7, 11) is 0. The smallest absolute Gasteiger partial charge is 0.141 e. The predicted molar refractivity (Wildman–Crippen MR) is 132 cm³/mol. The first kappa shape index (κ1) is 26.0. The van der Waals surface area contributed by atoms with Crippen molar-refractivity contribution in [3.63, 3.8) is 0 Å². The number of rotatable bonds is 5. The van der Waals surface area contributed by atoms with E-state index in [0.717, 1.165) is 24.4 Å². The molecule has 31 heavy (non-hydrogen) atoms. The number of hydrogen-bond acceptors (Lipinski definition) is 3. The van der Waals surface area contributed by atoms with Crippen LogP contribution in [0.15, 0.2) is 77.0 Å². The number of hydrogen-bond donors (Lipinski definition) is 1. The summed E-state index contributed by atoms with van der Waals surface area (Å²) >= 11 is 0. The van der Waals surface area contributed by atoms with E-state index < -0.39 is 0 Å². The van der Waals surface area contributed by atoms with Gasteiger partial charge >= 0.3 is 0 Å². The molecule has 1 atom stereocenters. The van der Waals surface area contributed by atoms with E-state index in [1.54, 1.807) is 6.92 Å². The Labute approximate surface area is 188 Å². The van der Waals surface area contributed by atoms with Gasteiger partial charge in [-0.15, -0.1) is 12.8 Å². The third-order valence-corrected chi connectivity index (χ3v) is 4.92. The van der Waals surface area contributed by atoms with Gasteiger partial charge in [0.2, 0.25) is 0 Å². The number of fused-ring (bicyclic) bond motifs is 1. The van der Waals surface area contributed by atoms with Crippen LogP contribution in [0.2, 0.25) is 0 Å². The molecule has 0 radical (unpaired) electrons. The Morgan fingerprint density at radius 3 is 2.35 bits per heavy atom. The van der Waals surface area contributed by atoms with Crippen LogP contribution in [0, 0.1) is 12.8 Å². The Bertz CT molecular complexity index is 863. The van der Waals surface area contributed by atoms with Gasteiger partial charge in [0.1, 0.15) is 6.17 Å². The predicted octanol–water partition coefficient (Wildman–Crippen LogP) is 6.84. The van der Waals surface area contributed by atoms with E-state index in [1.165, 1.54) is 29.7 Å². The summed E-state index contributed by atoms with van der Waals surface area (Å²) in [6.07, 6.45) is 19.2. The molecular formula is C27H36FN3.